The van der Waals surface area contributed by atoms with Crippen molar-refractivity contribution in [3.05, 3.63) is 71.0 Å². The average Bonchev–Trinajstić information content (AvgIpc) is 2.42. The second kappa shape index (κ2) is 6.33. The largest absolute Gasteiger partial charge is 0.349 e. The van der Waals surface area contributed by atoms with Gasteiger partial charge in [0.2, 0.25) is 0 Å². The van der Waals surface area contributed by atoms with Crippen molar-refractivity contribution >= 4 is 5.91 Å². The van der Waals surface area contributed by atoms with Crippen LogP contribution in [0.15, 0.2) is 48.5 Å². The molecule has 104 valence electrons. The Morgan fingerprint density at radius 3 is 2.55 bits per heavy atom. The van der Waals surface area contributed by atoms with Crippen LogP contribution in [0.2, 0.25) is 0 Å². The first kappa shape index (κ1) is 14.3. The number of carbonyl (C=O) groups excluding carboxylic acids is 1. The van der Waals surface area contributed by atoms with Gasteiger partial charge in [-0.1, -0.05) is 42.5 Å². The molecule has 2 aromatic rings. The number of nitrogens with one attached hydrogen (secondary N) is 1. The minimum atomic E-state index is -0.447. The Kier molecular flexibility index (Phi) is 4.51. The first-order chi connectivity index (χ1) is 9.58. The third-order valence-corrected chi connectivity index (χ3v) is 3.20. The van der Waals surface area contributed by atoms with Gasteiger partial charge in [-0.25, -0.2) is 4.39 Å². The molecule has 0 radical (unpaired) electrons. The lowest BCUT2D eigenvalue weighted by Gasteiger charge is -2.14. The Morgan fingerprint density at radius 2 is 1.85 bits per heavy atom. The van der Waals surface area contributed by atoms with E-state index in [1.54, 1.807) is 19.1 Å². The van der Waals surface area contributed by atoms with Crippen LogP contribution < -0.4 is 5.32 Å². The number of hydrogen-bond acceptors (Lipinski definition) is 1. The van der Waals surface area contributed by atoms with Crippen molar-refractivity contribution < 1.29 is 9.18 Å². The number of halogens is 1. The SMILES string of the molecule is Cc1cccc(C(=O)NC(C)Cc2ccccc2)c1F. The van der Waals surface area contributed by atoms with Crippen molar-refractivity contribution in [1.82, 2.24) is 5.32 Å². The van der Waals surface area contributed by atoms with Crippen LogP contribution in [0.5, 0.6) is 0 Å². The van der Waals surface area contributed by atoms with Crippen molar-refractivity contribution in [1.29, 1.82) is 0 Å². The number of rotatable bonds is 4. The lowest BCUT2D eigenvalue weighted by Crippen LogP contribution is -2.34. The molecule has 2 aromatic carbocycles. The molecule has 0 aliphatic heterocycles. The molecule has 1 atom stereocenters. The molecule has 2 rings (SSSR count). The fourth-order valence-corrected chi connectivity index (χ4v) is 2.14. The molecule has 20 heavy (non-hydrogen) atoms. The Hall–Kier alpha value is -2.16. The van der Waals surface area contributed by atoms with Gasteiger partial charge in [0.05, 0.1) is 5.56 Å². The molecule has 0 fully saturated rings. The number of amides is 1. The molecule has 0 spiro atoms. The topological polar surface area (TPSA) is 29.1 Å². The van der Waals surface area contributed by atoms with Crippen molar-refractivity contribution in [3.8, 4) is 0 Å². The first-order valence-electron chi connectivity index (χ1n) is 6.68. The zero-order chi connectivity index (χ0) is 14.5. The molecule has 0 saturated heterocycles. The van der Waals surface area contributed by atoms with Crippen LogP contribution in [0.4, 0.5) is 4.39 Å². The minimum Gasteiger partial charge on any atom is -0.349 e. The van der Waals surface area contributed by atoms with Crippen LogP contribution >= 0.6 is 0 Å². The van der Waals surface area contributed by atoms with E-state index < -0.39 is 5.82 Å². The molecule has 2 nitrogen and oxygen atoms in total. The molecule has 0 aromatic heterocycles. The summed E-state index contributed by atoms with van der Waals surface area (Å²) in [6, 6.07) is 14.7. The maximum absolute atomic E-state index is 13.9. The van der Waals surface area contributed by atoms with Gasteiger partial charge in [-0.2, -0.15) is 0 Å². The second-order valence-electron chi connectivity index (χ2n) is 5.00. The van der Waals surface area contributed by atoms with E-state index in [2.05, 4.69) is 5.32 Å². The quantitative estimate of drug-likeness (QED) is 0.906. The molecule has 1 N–H and O–H groups in total. The minimum absolute atomic E-state index is 0.0511. The summed E-state index contributed by atoms with van der Waals surface area (Å²) in [4.78, 5) is 12.1. The van der Waals surface area contributed by atoms with Crippen LogP contribution in [0.25, 0.3) is 0 Å². The van der Waals surface area contributed by atoms with Crippen LogP contribution in [0, 0.1) is 12.7 Å². The zero-order valence-electron chi connectivity index (χ0n) is 11.7. The highest BCUT2D eigenvalue weighted by Gasteiger charge is 2.15. The van der Waals surface area contributed by atoms with E-state index in [1.807, 2.05) is 37.3 Å². The van der Waals surface area contributed by atoms with Crippen LogP contribution in [0.1, 0.15) is 28.4 Å². The second-order valence-corrected chi connectivity index (χ2v) is 5.00. The molecule has 0 aliphatic carbocycles. The van der Waals surface area contributed by atoms with E-state index >= 15 is 0 Å². The third kappa shape index (κ3) is 3.44. The summed E-state index contributed by atoms with van der Waals surface area (Å²) < 4.78 is 13.9. The van der Waals surface area contributed by atoms with Gasteiger partial charge in [0.25, 0.3) is 5.91 Å². The highest BCUT2D eigenvalue weighted by Crippen LogP contribution is 2.12. The lowest BCUT2D eigenvalue weighted by atomic mass is 10.1. The highest BCUT2D eigenvalue weighted by molar-refractivity contribution is 5.94. The van der Waals surface area contributed by atoms with Crippen LogP contribution in [-0.2, 0) is 6.42 Å². The Labute approximate surface area is 118 Å². The van der Waals surface area contributed by atoms with Gasteiger partial charge in [0.15, 0.2) is 0 Å². The van der Waals surface area contributed by atoms with E-state index in [1.165, 1.54) is 6.07 Å². The monoisotopic (exact) mass is 271 g/mol. The summed E-state index contributed by atoms with van der Waals surface area (Å²) in [6.45, 7) is 3.57. The van der Waals surface area contributed by atoms with Crippen LogP contribution in [0.3, 0.4) is 0 Å². The van der Waals surface area contributed by atoms with Gasteiger partial charge in [0.1, 0.15) is 5.82 Å². The van der Waals surface area contributed by atoms with Gasteiger partial charge >= 0.3 is 0 Å². The summed E-state index contributed by atoms with van der Waals surface area (Å²) in [6.07, 6.45) is 0.722. The zero-order valence-corrected chi connectivity index (χ0v) is 11.7. The summed E-state index contributed by atoms with van der Waals surface area (Å²) in [5.74, 6) is -0.813. The van der Waals surface area contributed by atoms with Crippen molar-refractivity contribution in [2.45, 2.75) is 26.3 Å². The summed E-state index contributed by atoms with van der Waals surface area (Å²) in [5, 5.41) is 2.83. The summed E-state index contributed by atoms with van der Waals surface area (Å²) >= 11 is 0. The molecular weight excluding hydrogens is 253 g/mol. The molecular formula is C17H18FNO. The number of benzene rings is 2. The van der Waals surface area contributed by atoms with Crippen molar-refractivity contribution in [2.24, 2.45) is 0 Å². The van der Waals surface area contributed by atoms with Gasteiger partial charge in [-0.15, -0.1) is 0 Å². The summed E-state index contributed by atoms with van der Waals surface area (Å²) in [5.41, 5.74) is 1.73. The predicted molar refractivity (Wildman–Crippen MR) is 78.2 cm³/mol. The highest BCUT2D eigenvalue weighted by atomic mass is 19.1. The van der Waals surface area contributed by atoms with Gasteiger partial charge in [-0.3, -0.25) is 4.79 Å². The van der Waals surface area contributed by atoms with Gasteiger partial charge < -0.3 is 5.32 Å². The standard InChI is InChI=1S/C17H18FNO/c1-12-7-6-10-15(16(12)18)17(20)19-13(2)11-14-8-4-3-5-9-14/h3-10,13H,11H2,1-2H3,(H,19,20). The molecule has 3 heteroatoms. The Morgan fingerprint density at radius 1 is 1.15 bits per heavy atom. The Bertz CT molecular complexity index is 595. The molecule has 1 unspecified atom stereocenters. The first-order valence-corrected chi connectivity index (χ1v) is 6.68. The number of carbonyl (C=O) groups is 1. The fourth-order valence-electron chi connectivity index (χ4n) is 2.14. The normalized spacial score (nSPS) is 11.9. The van der Waals surface area contributed by atoms with E-state index in [-0.39, 0.29) is 17.5 Å². The van der Waals surface area contributed by atoms with Crippen LogP contribution in [-0.4, -0.2) is 11.9 Å². The molecule has 0 aliphatic rings. The third-order valence-electron chi connectivity index (χ3n) is 3.20. The molecule has 1 amide bonds. The lowest BCUT2D eigenvalue weighted by molar-refractivity contribution is 0.0936. The average molecular weight is 271 g/mol. The van der Waals surface area contributed by atoms with E-state index in [9.17, 15) is 9.18 Å². The molecule has 0 saturated carbocycles. The number of aryl methyl sites for hydroxylation is 1. The van der Waals surface area contributed by atoms with Gasteiger partial charge in [0, 0.05) is 6.04 Å². The molecule has 0 heterocycles. The molecule has 0 bridgehead atoms. The van der Waals surface area contributed by atoms with E-state index in [0.717, 1.165) is 12.0 Å². The fraction of sp³-hybridized carbons (Fsp3) is 0.235. The van der Waals surface area contributed by atoms with Crippen molar-refractivity contribution in [2.75, 3.05) is 0 Å². The Balaban J connectivity index is 2.02. The maximum Gasteiger partial charge on any atom is 0.254 e. The van der Waals surface area contributed by atoms with Gasteiger partial charge in [-0.05, 0) is 37.5 Å². The maximum atomic E-state index is 13.9. The number of hydrogen-bond donors (Lipinski definition) is 1. The van der Waals surface area contributed by atoms with Crippen molar-refractivity contribution in [3.63, 3.8) is 0 Å². The predicted octanol–water partition coefficient (Wildman–Crippen LogP) is 3.50. The van der Waals surface area contributed by atoms with E-state index in [0.29, 0.717) is 5.56 Å². The summed E-state index contributed by atoms with van der Waals surface area (Å²) in [7, 11) is 0. The smallest absolute Gasteiger partial charge is 0.254 e. The van der Waals surface area contributed by atoms with E-state index in [4.69, 9.17) is 0 Å².